The molecule has 3 unspecified atom stereocenters. The third kappa shape index (κ3) is 2.05. The molecule has 2 aliphatic rings. The topological polar surface area (TPSA) is 66.0 Å². The van der Waals surface area contributed by atoms with E-state index in [1.54, 1.807) is 0 Å². The van der Waals surface area contributed by atoms with Crippen LogP contribution in [-0.2, 0) is 0 Å². The van der Waals surface area contributed by atoms with Gasteiger partial charge >= 0.3 is 0 Å². The molecule has 1 aromatic heterocycles. The van der Waals surface area contributed by atoms with E-state index in [4.69, 9.17) is 9.78 Å². The molecule has 5 nitrogen and oxygen atoms in total. The maximum absolute atomic E-state index is 9.12. The van der Waals surface area contributed by atoms with Crippen molar-refractivity contribution >= 4 is 11.8 Å². The Morgan fingerprint density at radius 3 is 2.95 bits per heavy atom. The monoisotopic (exact) mass is 278 g/mol. The maximum Gasteiger partial charge on any atom is 0.231 e. The first-order chi connectivity index (χ1) is 9.05. The molecular weight excluding hydrogens is 260 g/mol. The van der Waals surface area contributed by atoms with E-state index in [1.807, 2.05) is 11.8 Å². The number of nitriles is 1. The van der Waals surface area contributed by atoms with Crippen LogP contribution in [-0.4, -0.2) is 40.1 Å². The second kappa shape index (κ2) is 4.50. The first-order valence-electron chi connectivity index (χ1n) is 6.57. The van der Waals surface area contributed by atoms with Gasteiger partial charge in [-0.05, 0) is 12.5 Å². The van der Waals surface area contributed by atoms with Crippen LogP contribution < -0.4 is 0 Å². The van der Waals surface area contributed by atoms with Gasteiger partial charge in [-0.25, -0.2) is 0 Å². The number of nitrogens with zero attached hydrogens (tertiary/aromatic N) is 4. The molecule has 6 heteroatoms. The summed E-state index contributed by atoms with van der Waals surface area (Å²) in [6.45, 7) is 5.21. The Hall–Kier alpha value is -1.06. The van der Waals surface area contributed by atoms with Crippen molar-refractivity contribution in [1.29, 1.82) is 5.26 Å². The van der Waals surface area contributed by atoms with Crippen LogP contribution in [0.5, 0.6) is 0 Å². The van der Waals surface area contributed by atoms with Crippen LogP contribution in [0.4, 0.5) is 0 Å². The molecule has 0 N–H and O–H groups in total. The third-order valence-corrected chi connectivity index (χ3v) is 5.41. The first-order valence-corrected chi connectivity index (χ1v) is 7.72. The van der Waals surface area contributed by atoms with Gasteiger partial charge in [-0.3, -0.25) is 4.90 Å². The van der Waals surface area contributed by atoms with E-state index in [1.165, 1.54) is 0 Å². The molecule has 19 heavy (non-hydrogen) atoms. The molecule has 1 saturated heterocycles. The van der Waals surface area contributed by atoms with Gasteiger partial charge in [-0.1, -0.05) is 19.0 Å². The zero-order valence-corrected chi connectivity index (χ0v) is 12.3. The summed E-state index contributed by atoms with van der Waals surface area (Å²) in [4.78, 5) is 6.83. The quantitative estimate of drug-likeness (QED) is 0.825. The van der Waals surface area contributed by atoms with Crippen molar-refractivity contribution in [3.63, 3.8) is 0 Å². The smallest absolute Gasteiger partial charge is 0.231 e. The van der Waals surface area contributed by atoms with Crippen LogP contribution in [0.15, 0.2) is 4.52 Å². The lowest BCUT2D eigenvalue weighted by atomic mass is 10.1. The summed E-state index contributed by atoms with van der Waals surface area (Å²) in [7, 11) is 2.10. The number of thioether (sulfide) groups is 1. The molecule has 0 aromatic carbocycles. The Balaban J connectivity index is 1.79. The third-order valence-electron chi connectivity index (χ3n) is 4.38. The average molecular weight is 278 g/mol. The molecule has 3 rings (SSSR count). The lowest BCUT2D eigenvalue weighted by Crippen LogP contribution is -2.33. The molecule has 0 amide bonds. The van der Waals surface area contributed by atoms with E-state index in [-0.39, 0.29) is 23.3 Å². The minimum Gasteiger partial charge on any atom is -0.339 e. The van der Waals surface area contributed by atoms with Crippen LogP contribution in [0.3, 0.4) is 0 Å². The van der Waals surface area contributed by atoms with Crippen molar-refractivity contribution in [2.24, 2.45) is 11.3 Å². The van der Waals surface area contributed by atoms with Crippen LogP contribution in [0.1, 0.15) is 37.5 Å². The normalized spacial score (nSPS) is 33.9. The van der Waals surface area contributed by atoms with Gasteiger partial charge in [0.25, 0.3) is 0 Å². The molecule has 1 aliphatic heterocycles. The van der Waals surface area contributed by atoms with Gasteiger partial charge in [0.05, 0.1) is 23.9 Å². The average Bonchev–Trinajstić information content (AvgIpc) is 2.75. The summed E-state index contributed by atoms with van der Waals surface area (Å²) < 4.78 is 5.41. The molecule has 1 aromatic rings. The molecule has 2 heterocycles. The summed E-state index contributed by atoms with van der Waals surface area (Å²) in [6, 6.07) is 2.57. The highest BCUT2D eigenvalue weighted by molar-refractivity contribution is 7.99. The van der Waals surface area contributed by atoms with Crippen molar-refractivity contribution in [2.45, 2.75) is 25.8 Å². The number of aromatic nitrogens is 2. The van der Waals surface area contributed by atoms with Gasteiger partial charge in [-0.15, -0.1) is 0 Å². The van der Waals surface area contributed by atoms with Crippen molar-refractivity contribution in [3.05, 3.63) is 11.7 Å². The number of hydrogen-bond donors (Lipinski definition) is 0. The van der Waals surface area contributed by atoms with Crippen molar-refractivity contribution in [3.8, 4) is 6.07 Å². The first kappa shape index (κ1) is 12.9. The highest BCUT2D eigenvalue weighted by Crippen LogP contribution is 2.63. The summed E-state index contributed by atoms with van der Waals surface area (Å²) in [6.07, 6.45) is 0. The SMILES string of the molecule is CN1CCSCC1c1noc(C2C(C#N)C2(C)C)n1. The molecule has 0 bridgehead atoms. The van der Waals surface area contributed by atoms with Gasteiger partial charge in [0.1, 0.15) is 0 Å². The summed E-state index contributed by atoms with van der Waals surface area (Å²) in [5.41, 5.74) is -0.0359. The summed E-state index contributed by atoms with van der Waals surface area (Å²) in [5, 5.41) is 13.3. The van der Waals surface area contributed by atoms with Gasteiger partial charge in [0.2, 0.25) is 5.89 Å². The van der Waals surface area contributed by atoms with Crippen LogP contribution >= 0.6 is 11.8 Å². The highest BCUT2D eigenvalue weighted by Gasteiger charge is 2.62. The van der Waals surface area contributed by atoms with Gasteiger partial charge in [0, 0.05) is 18.1 Å². The van der Waals surface area contributed by atoms with E-state index >= 15 is 0 Å². The molecule has 2 fully saturated rings. The maximum atomic E-state index is 9.12. The van der Waals surface area contributed by atoms with Crippen molar-refractivity contribution in [2.75, 3.05) is 25.1 Å². The summed E-state index contributed by atoms with van der Waals surface area (Å²) in [5.74, 6) is 3.66. The Kier molecular flexibility index (Phi) is 3.06. The van der Waals surface area contributed by atoms with E-state index in [0.29, 0.717) is 5.89 Å². The minimum atomic E-state index is -0.0359. The minimum absolute atomic E-state index is 0.000685. The Bertz CT molecular complexity index is 521. The number of hydrogen-bond acceptors (Lipinski definition) is 6. The van der Waals surface area contributed by atoms with Crippen LogP contribution in [0, 0.1) is 22.7 Å². The summed E-state index contributed by atoms with van der Waals surface area (Å²) >= 11 is 1.92. The fourth-order valence-corrected chi connectivity index (χ4v) is 4.02. The van der Waals surface area contributed by atoms with E-state index in [0.717, 1.165) is 23.9 Å². The Morgan fingerprint density at radius 1 is 1.53 bits per heavy atom. The van der Waals surface area contributed by atoms with E-state index in [9.17, 15) is 0 Å². The predicted octanol–water partition coefficient (Wildman–Crippen LogP) is 2.05. The second-order valence-corrected chi connectivity index (χ2v) is 7.12. The molecular formula is C13H18N4OS. The standard InChI is InChI=1S/C13H18N4OS/c1-13(2)8(6-14)10(13)12-15-11(16-18-12)9-7-19-5-4-17(9)3/h8-10H,4-5,7H2,1-3H3. The van der Waals surface area contributed by atoms with Crippen LogP contribution in [0.25, 0.3) is 0 Å². The molecule has 102 valence electrons. The van der Waals surface area contributed by atoms with Gasteiger partial charge in [0.15, 0.2) is 5.82 Å². The zero-order valence-electron chi connectivity index (χ0n) is 11.5. The van der Waals surface area contributed by atoms with E-state index < -0.39 is 0 Å². The lowest BCUT2D eigenvalue weighted by molar-refractivity contribution is 0.256. The second-order valence-electron chi connectivity index (χ2n) is 5.97. The molecule has 0 radical (unpaired) electrons. The Labute approximate surface area is 117 Å². The van der Waals surface area contributed by atoms with Gasteiger partial charge < -0.3 is 4.52 Å². The fraction of sp³-hybridized carbons (Fsp3) is 0.769. The largest absolute Gasteiger partial charge is 0.339 e. The Morgan fingerprint density at radius 2 is 2.32 bits per heavy atom. The molecule has 3 atom stereocenters. The van der Waals surface area contributed by atoms with Crippen LogP contribution in [0.2, 0.25) is 0 Å². The van der Waals surface area contributed by atoms with Gasteiger partial charge in [-0.2, -0.15) is 22.0 Å². The fourth-order valence-electron chi connectivity index (χ4n) is 2.81. The highest BCUT2D eigenvalue weighted by atomic mass is 32.2. The predicted molar refractivity (Wildman–Crippen MR) is 72.6 cm³/mol. The number of rotatable bonds is 2. The lowest BCUT2D eigenvalue weighted by Gasteiger charge is -2.29. The van der Waals surface area contributed by atoms with E-state index in [2.05, 4.69) is 42.0 Å². The van der Waals surface area contributed by atoms with Crippen molar-refractivity contribution in [1.82, 2.24) is 15.0 Å². The van der Waals surface area contributed by atoms with Crippen molar-refractivity contribution < 1.29 is 4.52 Å². The molecule has 1 aliphatic carbocycles. The zero-order chi connectivity index (χ0) is 13.6. The molecule has 0 spiro atoms. The molecule has 1 saturated carbocycles.